The van der Waals surface area contributed by atoms with Crippen LogP contribution in [0.25, 0.3) is 4.85 Å². The summed E-state index contributed by atoms with van der Waals surface area (Å²) in [6, 6.07) is 9.85. The zero-order valence-electron chi connectivity index (χ0n) is 14.7. The van der Waals surface area contributed by atoms with Crippen LogP contribution in [0.4, 0.5) is 0 Å². The Morgan fingerprint density at radius 2 is 1.74 bits per heavy atom. The van der Waals surface area contributed by atoms with E-state index in [-0.39, 0.29) is 15.9 Å². The van der Waals surface area contributed by atoms with Crippen molar-refractivity contribution in [1.82, 2.24) is 0 Å². The van der Waals surface area contributed by atoms with Crippen molar-refractivity contribution in [3.8, 4) is 0 Å². The zero-order valence-corrected chi connectivity index (χ0v) is 15.5. The second kappa shape index (κ2) is 5.87. The van der Waals surface area contributed by atoms with Gasteiger partial charge in [-0.2, -0.15) is 0 Å². The lowest BCUT2D eigenvalue weighted by Gasteiger charge is -2.21. The first-order valence-electron chi connectivity index (χ1n) is 7.86. The summed E-state index contributed by atoms with van der Waals surface area (Å²) in [5.74, 6) is -0.504. The maximum absolute atomic E-state index is 12.8. The van der Waals surface area contributed by atoms with Crippen molar-refractivity contribution in [2.75, 3.05) is 0 Å². The van der Waals surface area contributed by atoms with Gasteiger partial charge in [-0.1, -0.05) is 51.1 Å². The van der Waals surface area contributed by atoms with Crippen LogP contribution in [0.15, 0.2) is 30.3 Å². The monoisotopic (exact) mass is 331 g/mol. The molecular weight excluding hydrogens is 306 g/mol. The van der Waals surface area contributed by atoms with E-state index in [1.807, 2.05) is 51.1 Å². The molecule has 0 spiro atoms. The second-order valence-corrected chi connectivity index (χ2v) is 9.95. The van der Waals surface area contributed by atoms with Crippen molar-refractivity contribution in [2.24, 2.45) is 0 Å². The third kappa shape index (κ3) is 3.72. The molecule has 0 aliphatic heterocycles. The lowest BCUT2D eigenvalue weighted by Crippen LogP contribution is -2.34. The first-order chi connectivity index (χ1) is 10.5. The predicted molar refractivity (Wildman–Crippen MR) is 95.5 cm³/mol. The number of nitrogens with zero attached hydrogens (tertiary/aromatic N) is 1. The van der Waals surface area contributed by atoms with E-state index in [0.717, 1.165) is 5.56 Å². The molecule has 0 aromatic heterocycles. The highest BCUT2D eigenvalue weighted by molar-refractivity contribution is 8.01. The van der Waals surface area contributed by atoms with Crippen LogP contribution in [0.3, 0.4) is 0 Å². The van der Waals surface area contributed by atoms with Crippen LogP contribution in [-0.4, -0.2) is 27.1 Å². The molecule has 0 amide bonds. The van der Waals surface area contributed by atoms with Gasteiger partial charge in [0.1, 0.15) is 10.9 Å². The van der Waals surface area contributed by atoms with Gasteiger partial charge in [0.2, 0.25) is 0 Å². The lowest BCUT2D eigenvalue weighted by molar-refractivity contribution is -0.156. The molecule has 4 heteroatoms. The summed E-state index contributed by atoms with van der Waals surface area (Å²) in [5, 5.41) is -0.0720. The van der Waals surface area contributed by atoms with Crippen LogP contribution >= 0.6 is 11.8 Å². The number of hydrogen-bond donors (Lipinski definition) is 0. The first kappa shape index (κ1) is 17.9. The van der Waals surface area contributed by atoms with Crippen LogP contribution < -0.4 is 0 Å². The summed E-state index contributed by atoms with van der Waals surface area (Å²) in [4.78, 5) is 16.6. The van der Waals surface area contributed by atoms with Gasteiger partial charge in [-0.3, -0.25) is 4.85 Å². The van der Waals surface area contributed by atoms with Crippen LogP contribution in [0.1, 0.15) is 53.0 Å². The molecule has 2 rings (SSSR count). The van der Waals surface area contributed by atoms with E-state index in [2.05, 4.69) is 25.6 Å². The fourth-order valence-electron chi connectivity index (χ4n) is 2.75. The SMILES string of the molecule is [C-]#[N+][C@@]1(C(=O)OC(C)(C)C)[C@@H](SC(C)(C)C)[C@@H]1c1ccccc1. The Morgan fingerprint density at radius 1 is 1.17 bits per heavy atom. The molecule has 0 radical (unpaired) electrons. The fourth-order valence-corrected chi connectivity index (χ4v) is 4.41. The molecule has 3 atom stereocenters. The number of carbonyl (C=O) groups excluding carboxylic acids is 1. The molecule has 0 N–H and O–H groups in total. The third-order valence-corrected chi connectivity index (χ3v) is 5.24. The summed E-state index contributed by atoms with van der Waals surface area (Å²) in [7, 11) is 0. The van der Waals surface area contributed by atoms with E-state index in [0.29, 0.717) is 0 Å². The minimum absolute atomic E-state index is 0.0217. The van der Waals surface area contributed by atoms with Crippen LogP contribution in [0.2, 0.25) is 0 Å². The van der Waals surface area contributed by atoms with Gasteiger partial charge in [-0.25, -0.2) is 11.4 Å². The van der Waals surface area contributed by atoms with Crippen LogP contribution in [0.5, 0.6) is 0 Å². The molecule has 0 saturated heterocycles. The van der Waals surface area contributed by atoms with Gasteiger partial charge >= 0.3 is 11.5 Å². The Morgan fingerprint density at radius 3 is 2.17 bits per heavy atom. The summed E-state index contributed by atoms with van der Waals surface area (Å²) in [5.41, 5.74) is -0.654. The average Bonchev–Trinajstić information content (AvgIpc) is 3.04. The topological polar surface area (TPSA) is 30.7 Å². The molecule has 3 nitrogen and oxygen atoms in total. The van der Waals surface area contributed by atoms with E-state index in [1.165, 1.54) is 0 Å². The Hall–Kier alpha value is -1.47. The summed E-state index contributed by atoms with van der Waals surface area (Å²) >= 11 is 1.70. The van der Waals surface area contributed by atoms with E-state index in [9.17, 15) is 4.79 Å². The van der Waals surface area contributed by atoms with Crippen molar-refractivity contribution in [1.29, 1.82) is 0 Å². The molecule has 23 heavy (non-hydrogen) atoms. The van der Waals surface area contributed by atoms with Crippen molar-refractivity contribution in [3.63, 3.8) is 0 Å². The van der Waals surface area contributed by atoms with Gasteiger partial charge in [-0.05, 0) is 26.3 Å². The van der Waals surface area contributed by atoms with Crippen LogP contribution in [0, 0.1) is 6.57 Å². The summed E-state index contributed by atoms with van der Waals surface area (Å²) in [6.45, 7) is 19.6. The van der Waals surface area contributed by atoms with Crippen molar-refractivity contribution >= 4 is 17.7 Å². The number of carbonyl (C=O) groups is 1. The largest absolute Gasteiger partial charge is 0.454 e. The Labute approximate surface area is 143 Å². The summed E-state index contributed by atoms with van der Waals surface area (Å²) in [6.07, 6.45) is 0. The van der Waals surface area contributed by atoms with Crippen molar-refractivity contribution in [3.05, 3.63) is 47.3 Å². The fraction of sp³-hybridized carbons (Fsp3) is 0.579. The van der Waals surface area contributed by atoms with Gasteiger partial charge < -0.3 is 4.74 Å². The van der Waals surface area contributed by atoms with Crippen molar-refractivity contribution in [2.45, 2.75) is 68.6 Å². The number of hydrogen-bond acceptors (Lipinski definition) is 3. The standard InChI is InChI=1S/C19H25NO2S/c1-17(2,3)22-16(21)19(20-7)14(13-11-9-8-10-12-13)15(19)23-18(4,5)6/h8-12,14-15H,1-6H3/t14-,15-,19+/m0/s1. The minimum Gasteiger partial charge on any atom is -0.454 e. The maximum atomic E-state index is 12.8. The molecule has 1 aliphatic rings. The van der Waals surface area contributed by atoms with E-state index in [4.69, 9.17) is 11.3 Å². The molecule has 1 aliphatic carbocycles. The highest BCUT2D eigenvalue weighted by Crippen LogP contribution is 2.64. The normalized spacial score (nSPS) is 27.2. The molecule has 1 fully saturated rings. The third-order valence-electron chi connectivity index (χ3n) is 3.65. The van der Waals surface area contributed by atoms with Gasteiger partial charge in [0.25, 0.3) is 0 Å². The average molecular weight is 331 g/mol. The van der Waals surface area contributed by atoms with E-state index < -0.39 is 17.1 Å². The molecule has 0 heterocycles. The highest BCUT2D eigenvalue weighted by Gasteiger charge is 2.80. The molecule has 124 valence electrons. The second-order valence-electron chi connectivity index (χ2n) is 7.98. The smallest absolute Gasteiger partial charge is 0.395 e. The zero-order chi connectivity index (χ0) is 17.5. The van der Waals surface area contributed by atoms with E-state index >= 15 is 0 Å². The number of rotatable bonds is 3. The van der Waals surface area contributed by atoms with Crippen LogP contribution in [-0.2, 0) is 9.53 Å². The number of benzene rings is 1. The van der Waals surface area contributed by atoms with E-state index in [1.54, 1.807) is 11.8 Å². The number of esters is 1. The van der Waals surface area contributed by atoms with Gasteiger partial charge in [0.15, 0.2) is 0 Å². The molecule has 0 bridgehead atoms. The molecule has 0 unspecified atom stereocenters. The molecular formula is C19H25NO2S. The lowest BCUT2D eigenvalue weighted by atomic mass is 10.1. The number of ether oxygens (including phenoxy) is 1. The van der Waals surface area contributed by atoms with Gasteiger partial charge in [0.05, 0.1) is 5.92 Å². The molecule has 1 aromatic carbocycles. The maximum Gasteiger partial charge on any atom is 0.395 e. The predicted octanol–water partition coefficient (Wildman–Crippen LogP) is 4.68. The highest BCUT2D eigenvalue weighted by atomic mass is 32.2. The quantitative estimate of drug-likeness (QED) is 0.595. The number of thioether (sulfide) groups is 1. The summed E-state index contributed by atoms with van der Waals surface area (Å²) < 4.78 is 5.56. The molecule has 1 saturated carbocycles. The minimum atomic E-state index is -1.10. The Balaban J connectivity index is 2.38. The first-order valence-corrected chi connectivity index (χ1v) is 8.74. The Bertz CT molecular complexity index is 622. The Kier molecular flexibility index (Phi) is 4.56. The van der Waals surface area contributed by atoms with Gasteiger partial charge in [-0.15, -0.1) is 11.8 Å². The van der Waals surface area contributed by atoms with Crippen molar-refractivity contribution < 1.29 is 9.53 Å². The van der Waals surface area contributed by atoms with Gasteiger partial charge in [0, 0.05) is 4.75 Å². The molecule has 1 aromatic rings.